The molecule has 0 aliphatic carbocycles. The lowest BCUT2D eigenvalue weighted by atomic mass is 10.2. The van der Waals surface area contributed by atoms with Crippen molar-refractivity contribution in [2.24, 2.45) is 5.73 Å². The molecule has 0 saturated carbocycles. The summed E-state index contributed by atoms with van der Waals surface area (Å²) in [5.41, 5.74) is 10.9. The molecule has 0 saturated heterocycles. The van der Waals surface area contributed by atoms with E-state index in [1.54, 1.807) is 0 Å². The minimum absolute atomic E-state index is 0.145. The molecule has 1 heterocycles. The molecule has 86 valence electrons. The molecule has 1 atom stereocenters. The molecular weight excluding hydrogens is 232 g/mol. The van der Waals surface area contributed by atoms with E-state index in [1.807, 2.05) is 0 Å². The number of nitrogens with zero attached hydrogens (tertiary/aromatic N) is 1. The smallest absolute Gasteiger partial charge is 0.254 e. The van der Waals surface area contributed by atoms with E-state index in [2.05, 4.69) is 10.3 Å². The number of rotatable bonds is 3. The van der Waals surface area contributed by atoms with Crippen LogP contribution in [-0.4, -0.2) is 22.8 Å². The molecular formula is C9H11ClN4O2. The average Bonchev–Trinajstić information content (AvgIpc) is 2.21. The number of hydrogen-bond donors (Lipinski definition) is 3. The molecule has 1 aromatic heterocycles. The molecule has 1 aromatic rings. The van der Waals surface area contributed by atoms with E-state index < -0.39 is 17.9 Å². The van der Waals surface area contributed by atoms with Crippen LogP contribution in [0.1, 0.15) is 17.3 Å². The highest BCUT2D eigenvalue weighted by Crippen LogP contribution is 2.14. The Balaban J connectivity index is 2.88. The minimum atomic E-state index is -0.779. The van der Waals surface area contributed by atoms with Gasteiger partial charge in [0, 0.05) is 0 Å². The predicted molar refractivity (Wildman–Crippen MR) is 59.8 cm³/mol. The minimum Gasteiger partial charge on any atom is -0.397 e. The van der Waals surface area contributed by atoms with Gasteiger partial charge >= 0.3 is 0 Å². The molecule has 0 fully saturated rings. The van der Waals surface area contributed by atoms with E-state index in [0.717, 1.165) is 0 Å². The Morgan fingerprint density at radius 1 is 1.56 bits per heavy atom. The molecule has 0 aromatic carbocycles. The molecule has 7 heteroatoms. The van der Waals surface area contributed by atoms with Gasteiger partial charge in [-0.15, -0.1) is 0 Å². The first-order chi connectivity index (χ1) is 7.41. The van der Waals surface area contributed by atoms with Crippen molar-refractivity contribution in [3.63, 3.8) is 0 Å². The van der Waals surface area contributed by atoms with Gasteiger partial charge in [0.1, 0.15) is 11.2 Å². The number of nitrogen functional groups attached to an aromatic ring is 1. The lowest BCUT2D eigenvalue weighted by molar-refractivity contribution is -0.119. The molecule has 2 amide bonds. The first kappa shape index (κ1) is 12.3. The third-order valence-corrected chi connectivity index (χ3v) is 2.13. The molecule has 0 aliphatic heterocycles. The Morgan fingerprint density at radius 2 is 2.19 bits per heavy atom. The highest BCUT2D eigenvalue weighted by Gasteiger charge is 2.16. The largest absolute Gasteiger partial charge is 0.397 e. The lowest BCUT2D eigenvalue weighted by Crippen LogP contribution is -2.42. The summed E-state index contributed by atoms with van der Waals surface area (Å²) in [5.74, 6) is -1.15. The second-order valence-electron chi connectivity index (χ2n) is 3.19. The number of nitrogens with one attached hydrogen (secondary N) is 1. The van der Waals surface area contributed by atoms with Crippen LogP contribution in [0.4, 0.5) is 5.69 Å². The molecule has 0 aliphatic rings. The van der Waals surface area contributed by atoms with Crippen molar-refractivity contribution in [2.75, 3.05) is 5.73 Å². The van der Waals surface area contributed by atoms with Crippen LogP contribution in [0, 0.1) is 0 Å². The zero-order valence-corrected chi connectivity index (χ0v) is 9.28. The summed E-state index contributed by atoms with van der Waals surface area (Å²) < 4.78 is 0. The zero-order chi connectivity index (χ0) is 12.3. The number of halogens is 1. The molecule has 0 bridgehead atoms. The van der Waals surface area contributed by atoms with E-state index in [-0.39, 0.29) is 16.4 Å². The number of amides is 2. The molecule has 0 radical (unpaired) electrons. The first-order valence-electron chi connectivity index (χ1n) is 4.43. The van der Waals surface area contributed by atoms with Crippen LogP contribution in [0.2, 0.25) is 5.15 Å². The second-order valence-corrected chi connectivity index (χ2v) is 3.58. The topological polar surface area (TPSA) is 111 Å². The van der Waals surface area contributed by atoms with Gasteiger partial charge in [-0.3, -0.25) is 9.59 Å². The Labute approximate surface area is 97.0 Å². The fraction of sp³-hybridized carbons (Fsp3) is 0.222. The summed E-state index contributed by atoms with van der Waals surface area (Å²) in [6.07, 6.45) is 1.27. The Hall–Kier alpha value is -1.82. The first-order valence-corrected chi connectivity index (χ1v) is 4.81. The monoisotopic (exact) mass is 242 g/mol. The second kappa shape index (κ2) is 4.80. The van der Waals surface area contributed by atoms with E-state index in [0.29, 0.717) is 0 Å². The number of hydrogen-bond acceptors (Lipinski definition) is 4. The van der Waals surface area contributed by atoms with Crippen molar-refractivity contribution in [1.29, 1.82) is 0 Å². The number of anilines is 1. The van der Waals surface area contributed by atoms with Gasteiger partial charge in [-0.2, -0.15) is 0 Å². The summed E-state index contributed by atoms with van der Waals surface area (Å²) in [4.78, 5) is 26.1. The maximum atomic E-state index is 11.6. The lowest BCUT2D eigenvalue weighted by Gasteiger charge is -2.11. The van der Waals surface area contributed by atoms with Crippen molar-refractivity contribution in [1.82, 2.24) is 10.3 Å². The molecule has 5 N–H and O–H groups in total. The fourth-order valence-corrected chi connectivity index (χ4v) is 1.14. The van der Waals surface area contributed by atoms with Gasteiger partial charge in [0.15, 0.2) is 0 Å². The predicted octanol–water partition coefficient (Wildman–Crippen LogP) is -0.0792. The maximum absolute atomic E-state index is 11.6. The fourth-order valence-electron chi connectivity index (χ4n) is 0.983. The number of primary amides is 1. The van der Waals surface area contributed by atoms with Crippen molar-refractivity contribution in [2.45, 2.75) is 13.0 Å². The highest BCUT2D eigenvalue weighted by molar-refractivity contribution is 6.29. The molecule has 16 heavy (non-hydrogen) atoms. The van der Waals surface area contributed by atoms with E-state index >= 15 is 0 Å². The standard InChI is InChI=1S/C9H11ClN4O2/c1-4(8(12)15)14-9(16)5-2-7(10)13-3-6(5)11/h2-4H,11H2,1H3,(H2,12,15)(H,14,16). The Bertz CT molecular complexity index is 436. The van der Waals surface area contributed by atoms with E-state index in [4.69, 9.17) is 23.1 Å². The third-order valence-electron chi connectivity index (χ3n) is 1.92. The van der Waals surface area contributed by atoms with Crippen molar-refractivity contribution >= 4 is 29.1 Å². The van der Waals surface area contributed by atoms with Crippen molar-refractivity contribution < 1.29 is 9.59 Å². The van der Waals surface area contributed by atoms with Gasteiger partial charge < -0.3 is 16.8 Å². The van der Waals surface area contributed by atoms with E-state index in [9.17, 15) is 9.59 Å². The van der Waals surface area contributed by atoms with Crippen LogP contribution in [-0.2, 0) is 4.79 Å². The van der Waals surface area contributed by atoms with Gasteiger partial charge in [-0.1, -0.05) is 11.6 Å². The number of nitrogens with two attached hydrogens (primary N) is 2. The Morgan fingerprint density at radius 3 is 2.75 bits per heavy atom. The summed E-state index contributed by atoms with van der Waals surface area (Å²) in [7, 11) is 0. The number of aromatic nitrogens is 1. The molecule has 1 rings (SSSR count). The SMILES string of the molecule is CC(NC(=O)c1cc(Cl)ncc1N)C(N)=O. The normalized spacial score (nSPS) is 11.9. The van der Waals surface area contributed by atoms with Crippen molar-refractivity contribution in [3.8, 4) is 0 Å². The quantitative estimate of drug-likeness (QED) is 0.644. The summed E-state index contributed by atoms with van der Waals surface area (Å²) in [5, 5.41) is 2.53. The van der Waals surface area contributed by atoms with Gasteiger partial charge in [0.25, 0.3) is 5.91 Å². The molecule has 1 unspecified atom stereocenters. The number of carbonyl (C=O) groups is 2. The van der Waals surface area contributed by atoms with Crippen LogP contribution >= 0.6 is 11.6 Å². The zero-order valence-electron chi connectivity index (χ0n) is 8.53. The number of pyridine rings is 1. The van der Waals surface area contributed by atoms with Crippen LogP contribution in [0.5, 0.6) is 0 Å². The van der Waals surface area contributed by atoms with Crippen LogP contribution in [0.3, 0.4) is 0 Å². The van der Waals surface area contributed by atoms with E-state index in [1.165, 1.54) is 19.2 Å². The summed E-state index contributed by atoms with van der Waals surface area (Å²) in [6.45, 7) is 1.47. The van der Waals surface area contributed by atoms with Gasteiger partial charge in [0.05, 0.1) is 17.4 Å². The van der Waals surface area contributed by atoms with Crippen LogP contribution < -0.4 is 16.8 Å². The molecule has 6 nitrogen and oxygen atoms in total. The Kier molecular flexibility index (Phi) is 3.68. The third kappa shape index (κ3) is 2.83. The van der Waals surface area contributed by atoms with Crippen LogP contribution in [0.15, 0.2) is 12.3 Å². The van der Waals surface area contributed by atoms with Gasteiger partial charge in [-0.05, 0) is 13.0 Å². The summed E-state index contributed by atoms with van der Waals surface area (Å²) in [6, 6.07) is 0.541. The maximum Gasteiger partial charge on any atom is 0.254 e. The average molecular weight is 243 g/mol. The molecule has 0 spiro atoms. The summed E-state index contributed by atoms with van der Waals surface area (Å²) >= 11 is 5.62. The van der Waals surface area contributed by atoms with Crippen molar-refractivity contribution in [3.05, 3.63) is 23.0 Å². The van der Waals surface area contributed by atoms with Gasteiger partial charge in [-0.25, -0.2) is 4.98 Å². The number of carbonyl (C=O) groups excluding carboxylic acids is 2. The highest BCUT2D eigenvalue weighted by atomic mass is 35.5. The van der Waals surface area contributed by atoms with Gasteiger partial charge in [0.2, 0.25) is 5.91 Å². The van der Waals surface area contributed by atoms with Crippen LogP contribution in [0.25, 0.3) is 0 Å².